The summed E-state index contributed by atoms with van der Waals surface area (Å²) in [7, 11) is 0. The van der Waals surface area contributed by atoms with Crippen LogP contribution in [0.5, 0.6) is 0 Å². The van der Waals surface area contributed by atoms with Gasteiger partial charge in [-0.2, -0.15) is 0 Å². The first-order chi connectivity index (χ1) is 10.5. The lowest BCUT2D eigenvalue weighted by Crippen LogP contribution is -2.29. The largest absolute Gasteiger partial charge is 0.460 e. The minimum absolute atomic E-state index is 0.0910. The summed E-state index contributed by atoms with van der Waals surface area (Å²) in [5.41, 5.74) is 0. The van der Waals surface area contributed by atoms with Crippen LogP contribution in [0.3, 0.4) is 0 Å². The van der Waals surface area contributed by atoms with E-state index in [1.807, 2.05) is 0 Å². The van der Waals surface area contributed by atoms with Crippen LogP contribution in [0.25, 0.3) is 0 Å². The molecule has 0 saturated carbocycles. The molecule has 0 radical (unpaired) electrons. The SMILES string of the molecule is CC(C)OC(=O)[C@@H](C)OC(=O)SC(=O)O[C@H](C)C(=O)OC(C)C. The molecule has 23 heavy (non-hydrogen) atoms. The zero-order chi connectivity index (χ0) is 18.2. The molecule has 0 aliphatic heterocycles. The van der Waals surface area contributed by atoms with Gasteiger partial charge in [0.1, 0.15) is 0 Å². The first-order valence-electron chi connectivity index (χ1n) is 7.03. The Morgan fingerprint density at radius 3 is 1.17 bits per heavy atom. The highest BCUT2D eigenvalue weighted by atomic mass is 32.2. The third-order valence-electron chi connectivity index (χ3n) is 2.08. The van der Waals surface area contributed by atoms with Crippen LogP contribution in [-0.4, -0.2) is 47.0 Å². The second-order valence-electron chi connectivity index (χ2n) is 5.09. The Morgan fingerprint density at radius 1 is 0.609 bits per heavy atom. The molecule has 0 unspecified atom stereocenters. The van der Waals surface area contributed by atoms with Gasteiger partial charge in [-0.15, -0.1) is 0 Å². The van der Waals surface area contributed by atoms with Gasteiger partial charge in [0.25, 0.3) is 0 Å². The average molecular weight is 350 g/mol. The topological polar surface area (TPSA) is 105 Å². The van der Waals surface area contributed by atoms with E-state index in [1.165, 1.54) is 13.8 Å². The average Bonchev–Trinajstić information content (AvgIpc) is 2.36. The van der Waals surface area contributed by atoms with Crippen LogP contribution in [0, 0.1) is 0 Å². The van der Waals surface area contributed by atoms with Crippen LogP contribution >= 0.6 is 11.8 Å². The molecule has 0 N–H and O–H groups in total. The molecule has 0 heterocycles. The van der Waals surface area contributed by atoms with Crippen molar-refractivity contribution in [3.05, 3.63) is 0 Å². The highest BCUT2D eigenvalue weighted by Crippen LogP contribution is 2.14. The molecule has 132 valence electrons. The van der Waals surface area contributed by atoms with Gasteiger partial charge in [-0.1, -0.05) is 0 Å². The second kappa shape index (κ2) is 10.1. The van der Waals surface area contributed by atoms with Crippen molar-refractivity contribution in [3.8, 4) is 0 Å². The number of ether oxygens (including phenoxy) is 4. The molecular formula is C14H22O8S. The highest BCUT2D eigenvalue weighted by Gasteiger charge is 2.26. The third kappa shape index (κ3) is 9.77. The van der Waals surface area contributed by atoms with Crippen LogP contribution in [-0.2, 0) is 28.5 Å². The van der Waals surface area contributed by atoms with Crippen LogP contribution in [0.2, 0.25) is 0 Å². The second-order valence-corrected chi connectivity index (χ2v) is 5.96. The Kier molecular flexibility index (Phi) is 9.31. The first-order valence-corrected chi connectivity index (χ1v) is 7.84. The van der Waals surface area contributed by atoms with Crippen molar-refractivity contribution in [2.45, 2.75) is 66.0 Å². The van der Waals surface area contributed by atoms with E-state index in [4.69, 9.17) is 18.9 Å². The summed E-state index contributed by atoms with van der Waals surface area (Å²) in [4.78, 5) is 45.9. The molecule has 0 aromatic carbocycles. The number of rotatable bonds is 6. The summed E-state index contributed by atoms with van der Waals surface area (Å²) in [6.45, 7) is 9.23. The fourth-order valence-corrected chi connectivity index (χ4v) is 1.68. The summed E-state index contributed by atoms with van der Waals surface area (Å²) in [5, 5.41) is -2.07. The first kappa shape index (κ1) is 21.2. The van der Waals surface area contributed by atoms with Crippen LogP contribution in [0.1, 0.15) is 41.5 Å². The molecule has 8 nitrogen and oxygen atoms in total. The van der Waals surface area contributed by atoms with Gasteiger partial charge in [0.05, 0.1) is 24.0 Å². The van der Waals surface area contributed by atoms with Gasteiger partial charge in [-0.25, -0.2) is 19.2 Å². The molecule has 0 aromatic heterocycles. The molecule has 0 saturated heterocycles. The summed E-state index contributed by atoms with van der Waals surface area (Å²) in [6.07, 6.45) is -3.02. The number of hydrogen-bond donors (Lipinski definition) is 0. The molecule has 0 aromatic rings. The van der Waals surface area contributed by atoms with Crippen molar-refractivity contribution in [1.29, 1.82) is 0 Å². The fraction of sp³-hybridized carbons (Fsp3) is 0.714. The van der Waals surface area contributed by atoms with Gasteiger partial charge >= 0.3 is 22.5 Å². The lowest BCUT2D eigenvalue weighted by molar-refractivity contribution is -0.156. The molecule has 0 aliphatic rings. The molecule has 9 heteroatoms. The number of esters is 2. The smallest absolute Gasteiger partial charge is 0.379 e. The number of thioether (sulfide) groups is 1. The van der Waals surface area contributed by atoms with E-state index in [9.17, 15) is 19.2 Å². The van der Waals surface area contributed by atoms with Gasteiger partial charge < -0.3 is 18.9 Å². The number of carbonyl (C=O) groups excluding carboxylic acids is 4. The maximum absolute atomic E-state index is 11.5. The lowest BCUT2D eigenvalue weighted by atomic mass is 10.4. The normalized spacial score (nSPS) is 13.2. The molecule has 0 rings (SSSR count). The summed E-state index contributed by atoms with van der Waals surface area (Å²) in [5.74, 6) is -1.45. The monoisotopic (exact) mass is 350 g/mol. The van der Waals surface area contributed by atoms with Crippen LogP contribution in [0.15, 0.2) is 0 Å². The highest BCUT2D eigenvalue weighted by molar-refractivity contribution is 8.25. The van der Waals surface area contributed by atoms with Crippen molar-refractivity contribution >= 4 is 34.3 Å². The summed E-state index contributed by atoms with van der Waals surface area (Å²) < 4.78 is 19.1. The zero-order valence-corrected chi connectivity index (χ0v) is 14.8. The van der Waals surface area contributed by atoms with Crippen LogP contribution in [0.4, 0.5) is 9.59 Å². The minimum Gasteiger partial charge on any atom is -0.460 e. The van der Waals surface area contributed by atoms with Gasteiger partial charge in [-0.3, -0.25) is 0 Å². The quantitative estimate of drug-likeness (QED) is 0.528. The van der Waals surface area contributed by atoms with Gasteiger partial charge in [-0.05, 0) is 41.5 Å². The van der Waals surface area contributed by atoms with Crippen molar-refractivity contribution in [1.82, 2.24) is 0 Å². The summed E-state index contributed by atoms with van der Waals surface area (Å²) in [6, 6.07) is 0. The van der Waals surface area contributed by atoms with Crippen molar-refractivity contribution in [3.63, 3.8) is 0 Å². The van der Waals surface area contributed by atoms with E-state index in [2.05, 4.69) is 0 Å². The fourth-order valence-electron chi connectivity index (χ4n) is 1.16. The van der Waals surface area contributed by atoms with Crippen molar-refractivity contribution < 1.29 is 38.1 Å². The van der Waals surface area contributed by atoms with E-state index in [1.54, 1.807) is 27.7 Å². The van der Waals surface area contributed by atoms with Gasteiger partial charge in [0.2, 0.25) is 0 Å². The summed E-state index contributed by atoms with van der Waals surface area (Å²) >= 11 is 0.0910. The maximum atomic E-state index is 11.5. The van der Waals surface area contributed by atoms with Crippen molar-refractivity contribution in [2.75, 3.05) is 0 Å². The molecule has 2 atom stereocenters. The molecule has 0 bridgehead atoms. The Morgan fingerprint density at radius 2 is 0.913 bits per heavy atom. The number of hydrogen-bond acceptors (Lipinski definition) is 9. The number of carbonyl (C=O) groups is 4. The Labute approximate surface area is 139 Å². The van der Waals surface area contributed by atoms with Gasteiger partial charge in [0.15, 0.2) is 12.2 Å². The predicted octanol–water partition coefficient (Wildman–Crippen LogP) is 2.67. The molecule has 0 spiro atoms. The lowest BCUT2D eigenvalue weighted by Gasteiger charge is -2.15. The van der Waals surface area contributed by atoms with E-state index in [0.717, 1.165) is 0 Å². The maximum Gasteiger partial charge on any atom is 0.379 e. The van der Waals surface area contributed by atoms with E-state index in [0.29, 0.717) is 0 Å². The van der Waals surface area contributed by atoms with E-state index >= 15 is 0 Å². The molecule has 0 amide bonds. The van der Waals surface area contributed by atoms with Crippen molar-refractivity contribution in [2.24, 2.45) is 0 Å². The van der Waals surface area contributed by atoms with Crippen LogP contribution < -0.4 is 0 Å². The standard InChI is InChI=1S/C14H22O8S/c1-7(2)19-11(15)9(5)21-13(17)23-14(18)22-10(6)12(16)20-8(3)4/h7-10H,1-6H3/t9-,10-/m1/s1. The Balaban J connectivity index is 4.27. The van der Waals surface area contributed by atoms with E-state index in [-0.39, 0.29) is 24.0 Å². The van der Waals surface area contributed by atoms with E-state index < -0.39 is 34.7 Å². The molecular weight excluding hydrogens is 328 g/mol. The molecule has 0 aliphatic carbocycles. The Hall–Kier alpha value is -1.77. The Bertz CT molecular complexity index is 406. The third-order valence-corrected chi connectivity index (χ3v) is 2.61. The van der Waals surface area contributed by atoms with Gasteiger partial charge in [0, 0.05) is 0 Å². The predicted molar refractivity (Wildman–Crippen MR) is 81.9 cm³/mol. The molecule has 0 fully saturated rings. The zero-order valence-electron chi connectivity index (χ0n) is 14.0. The minimum atomic E-state index is -1.16.